The first-order chi connectivity index (χ1) is 13.8. The molecule has 2 atom stereocenters. The van der Waals surface area contributed by atoms with E-state index in [2.05, 4.69) is 24.2 Å². The van der Waals surface area contributed by atoms with Crippen molar-refractivity contribution in [2.45, 2.75) is 26.0 Å². The molecule has 1 aromatic carbocycles. The van der Waals surface area contributed by atoms with Gasteiger partial charge in [-0.25, -0.2) is 9.37 Å². The molecular formula is C20H28N5O4+. The van der Waals surface area contributed by atoms with Crippen LogP contribution >= 0.6 is 0 Å². The first-order valence-corrected chi connectivity index (χ1v) is 9.66. The van der Waals surface area contributed by atoms with Crippen LogP contribution < -0.4 is 10.1 Å². The van der Waals surface area contributed by atoms with Crippen molar-refractivity contribution in [3.05, 3.63) is 30.3 Å². The Bertz CT molecular complexity index is 837. The van der Waals surface area contributed by atoms with Gasteiger partial charge < -0.3 is 9.84 Å². The van der Waals surface area contributed by atoms with Gasteiger partial charge in [-0.2, -0.15) is 0 Å². The second kappa shape index (κ2) is 8.60. The van der Waals surface area contributed by atoms with Crippen LogP contribution in [-0.4, -0.2) is 89.2 Å². The van der Waals surface area contributed by atoms with Gasteiger partial charge in [0, 0.05) is 14.1 Å². The highest BCUT2D eigenvalue weighted by Gasteiger charge is 2.51. The number of fused-ring (bicyclic) bond motifs is 1. The molecule has 3 amide bonds. The number of benzene rings is 1. The van der Waals surface area contributed by atoms with Gasteiger partial charge in [0.2, 0.25) is 11.9 Å². The average molecular weight is 402 g/mol. The van der Waals surface area contributed by atoms with Gasteiger partial charge in [-0.1, -0.05) is 37.0 Å². The van der Waals surface area contributed by atoms with Crippen molar-refractivity contribution in [2.75, 3.05) is 33.8 Å². The minimum absolute atomic E-state index is 0.0683. The summed E-state index contributed by atoms with van der Waals surface area (Å²) in [5.74, 6) is 1.48. The van der Waals surface area contributed by atoms with Gasteiger partial charge in [-0.05, 0) is 18.1 Å². The van der Waals surface area contributed by atoms with E-state index in [1.807, 2.05) is 30.3 Å². The monoisotopic (exact) mass is 402 g/mol. The number of β-amino-alcohol motifs (C(OH)–C–C–N with tert-alkyl or cyclic N) is 1. The Morgan fingerprint density at radius 2 is 1.90 bits per heavy atom. The van der Waals surface area contributed by atoms with E-state index in [0.29, 0.717) is 30.0 Å². The summed E-state index contributed by atoms with van der Waals surface area (Å²) in [4.78, 5) is 32.0. The minimum atomic E-state index is -0.860. The van der Waals surface area contributed by atoms with Crippen molar-refractivity contribution in [1.29, 1.82) is 0 Å². The Morgan fingerprint density at radius 3 is 2.55 bits per heavy atom. The van der Waals surface area contributed by atoms with Crippen LogP contribution in [0.5, 0.6) is 5.75 Å². The number of carbonyl (C=O) groups is 2. The molecule has 2 N–H and O–H groups in total. The Balaban J connectivity index is 1.79. The Kier molecular flexibility index (Phi) is 6.17. The number of hydrogen-bond donors (Lipinski definition) is 2. The lowest BCUT2D eigenvalue weighted by Crippen LogP contribution is -2.62. The number of hydrogen-bond acceptors (Lipinski definition) is 6. The van der Waals surface area contributed by atoms with Crippen LogP contribution in [0, 0.1) is 5.92 Å². The van der Waals surface area contributed by atoms with E-state index in [4.69, 9.17) is 4.74 Å². The number of amidine groups is 1. The molecule has 9 heteroatoms. The molecule has 2 aliphatic heterocycles. The summed E-state index contributed by atoms with van der Waals surface area (Å²) in [6, 6.07) is 8.03. The molecule has 2 unspecified atom stereocenters. The standard InChI is InChI=1S/C20H27N5O4/c1-13(2)10-21-19-22-17-16(18(27)24(4)20(28)23(17)3)25(19)11-14(26)12-29-15-8-6-5-7-9-15/h5-9,13-14,16,26H,10-12H2,1-4H3/p+1. The van der Waals surface area contributed by atoms with Gasteiger partial charge in [0.1, 0.15) is 18.5 Å². The maximum atomic E-state index is 12.8. The van der Waals surface area contributed by atoms with Crippen molar-refractivity contribution in [3.8, 4) is 5.75 Å². The maximum absolute atomic E-state index is 12.8. The second-order valence-corrected chi connectivity index (χ2v) is 7.64. The summed E-state index contributed by atoms with van der Waals surface area (Å²) in [7, 11) is 3.04. The van der Waals surface area contributed by atoms with Gasteiger partial charge in [0.25, 0.3) is 5.91 Å². The fraction of sp³-hybridized carbons (Fsp3) is 0.500. The number of para-hydroxylation sites is 1. The molecule has 0 saturated carbocycles. The number of likely N-dealkylation sites (N-methyl/N-ethyl adjacent to an activating group) is 2. The van der Waals surface area contributed by atoms with Crippen LogP contribution in [0.2, 0.25) is 0 Å². The third kappa shape index (κ3) is 4.40. The number of imide groups is 1. The second-order valence-electron chi connectivity index (χ2n) is 7.64. The molecule has 0 spiro atoms. The predicted octanol–water partition coefficient (Wildman–Crippen LogP) is 0.345. The molecule has 0 aliphatic carbocycles. The lowest BCUT2D eigenvalue weighted by Gasteiger charge is -2.32. The summed E-state index contributed by atoms with van der Waals surface area (Å²) in [6.07, 6.45) is -0.860. The van der Waals surface area contributed by atoms with Crippen LogP contribution in [-0.2, 0) is 4.79 Å². The van der Waals surface area contributed by atoms with E-state index in [0.717, 1.165) is 4.90 Å². The highest BCUT2D eigenvalue weighted by molar-refractivity contribution is 6.22. The lowest BCUT2D eigenvalue weighted by molar-refractivity contribution is -0.545. The number of aliphatic hydroxyl groups excluding tert-OH is 1. The third-order valence-electron chi connectivity index (χ3n) is 4.79. The van der Waals surface area contributed by atoms with Crippen LogP contribution in [0.25, 0.3) is 0 Å². The van der Waals surface area contributed by atoms with Gasteiger partial charge in [-0.15, -0.1) is 0 Å². The average Bonchev–Trinajstić information content (AvgIpc) is 3.06. The van der Waals surface area contributed by atoms with Crippen molar-refractivity contribution in [2.24, 2.45) is 10.9 Å². The topological polar surface area (TPSA) is 97.5 Å². The summed E-state index contributed by atoms with van der Waals surface area (Å²) in [5, 5.41) is 13.8. The number of carbonyl (C=O) groups excluding carboxylic acids is 2. The highest BCUT2D eigenvalue weighted by Crippen LogP contribution is 2.19. The zero-order chi connectivity index (χ0) is 21.1. The van der Waals surface area contributed by atoms with E-state index in [1.54, 1.807) is 11.6 Å². The molecule has 9 nitrogen and oxygen atoms in total. The Morgan fingerprint density at radius 1 is 1.21 bits per heavy atom. The first kappa shape index (κ1) is 20.8. The van der Waals surface area contributed by atoms with Crippen LogP contribution in [0.4, 0.5) is 4.79 Å². The zero-order valence-corrected chi connectivity index (χ0v) is 17.2. The van der Waals surface area contributed by atoms with Crippen LogP contribution in [0.15, 0.2) is 35.3 Å². The number of urea groups is 1. The number of aliphatic hydroxyl groups is 1. The van der Waals surface area contributed by atoms with Crippen molar-refractivity contribution < 1.29 is 24.0 Å². The third-order valence-corrected chi connectivity index (χ3v) is 4.79. The summed E-state index contributed by atoms with van der Waals surface area (Å²) >= 11 is 0. The van der Waals surface area contributed by atoms with E-state index in [-0.39, 0.29) is 19.1 Å². The molecule has 29 heavy (non-hydrogen) atoms. The van der Waals surface area contributed by atoms with Crippen molar-refractivity contribution in [3.63, 3.8) is 0 Å². The largest absolute Gasteiger partial charge is 0.491 e. The van der Waals surface area contributed by atoms with E-state index in [9.17, 15) is 14.7 Å². The number of aliphatic imine (C=N–C) groups is 1. The normalized spacial score (nSPS) is 20.2. The zero-order valence-electron chi connectivity index (χ0n) is 17.2. The minimum Gasteiger partial charge on any atom is -0.491 e. The molecule has 3 rings (SSSR count). The van der Waals surface area contributed by atoms with Gasteiger partial charge in [0.05, 0.1) is 13.1 Å². The molecule has 2 heterocycles. The van der Waals surface area contributed by atoms with Crippen LogP contribution in [0.3, 0.4) is 0 Å². The number of amides is 3. The lowest BCUT2D eigenvalue weighted by atomic mass is 10.1. The Labute approximate surface area is 170 Å². The molecule has 1 aromatic rings. The number of nitrogens with one attached hydrogen (secondary N) is 1. The van der Waals surface area contributed by atoms with Crippen molar-refractivity contribution >= 4 is 23.7 Å². The molecule has 156 valence electrons. The molecule has 0 radical (unpaired) electrons. The van der Waals surface area contributed by atoms with E-state index in [1.165, 1.54) is 11.9 Å². The molecule has 1 fully saturated rings. The molecule has 2 aliphatic rings. The summed E-state index contributed by atoms with van der Waals surface area (Å²) in [5.41, 5.74) is 0. The number of guanidine groups is 1. The summed E-state index contributed by atoms with van der Waals surface area (Å²) < 4.78 is 7.34. The smallest absolute Gasteiger partial charge is 0.390 e. The van der Waals surface area contributed by atoms with E-state index < -0.39 is 18.2 Å². The van der Waals surface area contributed by atoms with E-state index >= 15 is 0 Å². The van der Waals surface area contributed by atoms with Crippen LogP contribution in [0.1, 0.15) is 13.8 Å². The van der Waals surface area contributed by atoms with Crippen molar-refractivity contribution in [1.82, 2.24) is 15.1 Å². The predicted molar refractivity (Wildman–Crippen MR) is 108 cm³/mol. The molecule has 0 bridgehead atoms. The molecule has 0 aromatic heterocycles. The van der Waals surface area contributed by atoms with Gasteiger partial charge in [0.15, 0.2) is 0 Å². The Hall–Kier alpha value is -2.94. The number of ether oxygens (including phenoxy) is 1. The first-order valence-electron chi connectivity index (χ1n) is 9.66. The SMILES string of the molecule is CC(C)CNC1=[N+](CC(O)COc2ccccc2)C2C(=O)N(C)C(=O)N(C)C2=N1. The summed E-state index contributed by atoms with van der Waals surface area (Å²) in [6.45, 7) is 4.97. The van der Waals surface area contributed by atoms with Gasteiger partial charge >= 0.3 is 12.0 Å². The van der Waals surface area contributed by atoms with Gasteiger partial charge in [-0.3, -0.25) is 19.9 Å². The quantitative estimate of drug-likeness (QED) is 0.642. The fourth-order valence-electron chi connectivity index (χ4n) is 3.22. The maximum Gasteiger partial charge on any atom is 0.390 e. The fourth-order valence-corrected chi connectivity index (χ4v) is 3.22. The number of rotatable bonds is 7. The number of nitrogens with zero attached hydrogens (tertiary/aromatic N) is 4. The molecular weight excluding hydrogens is 374 g/mol. The molecule has 1 saturated heterocycles. The highest BCUT2D eigenvalue weighted by atomic mass is 16.5.